The van der Waals surface area contributed by atoms with E-state index in [9.17, 15) is 4.79 Å². The fourth-order valence-electron chi connectivity index (χ4n) is 1.53. The standard InChI is InChI=1S/C13H13NOS/c1-2-16-9-13(15)11-5-6-12-10(8-11)4-3-7-14-12/h3-8H,2,9H2,1H3. The Labute approximate surface area is 99.1 Å². The van der Waals surface area contributed by atoms with Gasteiger partial charge in [-0.3, -0.25) is 9.78 Å². The largest absolute Gasteiger partial charge is 0.293 e. The Hall–Kier alpha value is -1.35. The van der Waals surface area contributed by atoms with Crippen molar-refractivity contribution in [2.45, 2.75) is 6.92 Å². The van der Waals surface area contributed by atoms with Crippen LogP contribution in [0.25, 0.3) is 10.9 Å². The second kappa shape index (κ2) is 5.12. The zero-order chi connectivity index (χ0) is 11.4. The minimum absolute atomic E-state index is 0.192. The third kappa shape index (κ3) is 2.42. The van der Waals surface area contributed by atoms with Crippen LogP contribution in [0.15, 0.2) is 36.5 Å². The molecule has 82 valence electrons. The van der Waals surface area contributed by atoms with E-state index in [-0.39, 0.29) is 5.78 Å². The molecule has 0 aliphatic carbocycles. The van der Waals surface area contributed by atoms with Crippen molar-refractivity contribution in [3.05, 3.63) is 42.1 Å². The Kier molecular flexibility index (Phi) is 3.57. The van der Waals surface area contributed by atoms with Crippen molar-refractivity contribution in [2.24, 2.45) is 0 Å². The molecule has 2 nitrogen and oxygen atoms in total. The van der Waals surface area contributed by atoms with Gasteiger partial charge in [0.05, 0.1) is 11.3 Å². The van der Waals surface area contributed by atoms with Crippen LogP contribution in [0.5, 0.6) is 0 Å². The van der Waals surface area contributed by atoms with Crippen LogP contribution in [-0.2, 0) is 0 Å². The Morgan fingerprint density at radius 1 is 1.38 bits per heavy atom. The third-order valence-electron chi connectivity index (χ3n) is 2.36. The SMILES string of the molecule is CCSCC(=O)c1ccc2ncccc2c1. The highest BCUT2D eigenvalue weighted by molar-refractivity contribution is 7.99. The average Bonchev–Trinajstić information content (AvgIpc) is 2.35. The predicted octanol–water partition coefficient (Wildman–Crippen LogP) is 3.17. The van der Waals surface area contributed by atoms with Crippen molar-refractivity contribution in [1.82, 2.24) is 4.98 Å². The van der Waals surface area contributed by atoms with Crippen LogP contribution in [0.3, 0.4) is 0 Å². The lowest BCUT2D eigenvalue weighted by molar-refractivity contribution is 0.102. The van der Waals surface area contributed by atoms with Gasteiger partial charge in [0.15, 0.2) is 5.78 Å². The van der Waals surface area contributed by atoms with Gasteiger partial charge in [-0.25, -0.2) is 0 Å². The number of pyridine rings is 1. The van der Waals surface area contributed by atoms with E-state index in [1.807, 2.05) is 30.3 Å². The predicted molar refractivity (Wildman–Crippen MR) is 69.1 cm³/mol. The Morgan fingerprint density at radius 2 is 2.25 bits per heavy atom. The molecule has 0 saturated heterocycles. The third-order valence-corrected chi connectivity index (χ3v) is 3.24. The maximum Gasteiger partial charge on any atom is 0.172 e. The van der Waals surface area contributed by atoms with Crippen LogP contribution in [0, 0.1) is 0 Å². The summed E-state index contributed by atoms with van der Waals surface area (Å²) in [6.07, 6.45) is 1.76. The van der Waals surface area contributed by atoms with E-state index in [0.717, 1.165) is 22.2 Å². The summed E-state index contributed by atoms with van der Waals surface area (Å²) in [5, 5.41) is 1.02. The van der Waals surface area contributed by atoms with Crippen LogP contribution in [0.4, 0.5) is 0 Å². The highest BCUT2D eigenvalue weighted by Crippen LogP contribution is 2.15. The van der Waals surface area contributed by atoms with Crippen molar-refractivity contribution in [1.29, 1.82) is 0 Å². The van der Waals surface area contributed by atoms with Crippen LogP contribution in [-0.4, -0.2) is 22.3 Å². The van der Waals surface area contributed by atoms with Crippen molar-refractivity contribution in [3.63, 3.8) is 0 Å². The van der Waals surface area contributed by atoms with E-state index in [2.05, 4.69) is 11.9 Å². The Balaban J connectivity index is 2.28. The minimum Gasteiger partial charge on any atom is -0.293 e. The summed E-state index contributed by atoms with van der Waals surface area (Å²) in [5.41, 5.74) is 1.71. The number of carbonyl (C=O) groups is 1. The molecular formula is C13H13NOS. The zero-order valence-corrected chi connectivity index (χ0v) is 9.96. The molecule has 0 fully saturated rings. The maximum atomic E-state index is 11.8. The fourth-order valence-corrected chi connectivity index (χ4v) is 2.08. The molecule has 0 amide bonds. The van der Waals surface area contributed by atoms with Crippen LogP contribution < -0.4 is 0 Å². The molecule has 2 rings (SSSR count). The zero-order valence-electron chi connectivity index (χ0n) is 9.14. The van der Waals surface area contributed by atoms with Gasteiger partial charge >= 0.3 is 0 Å². The molecular weight excluding hydrogens is 218 g/mol. The number of hydrogen-bond donors (Lipinski definition) is 0. The van der Waals surface area contributed by atoms with Gasteiger partial charge in [-0.15, -0.1) is 0 Å². The molecule has 0 bridgehead atoms. The molecule has 16 heavy (non-hydrogen) atoms. The number of benzene rings is 1. The number of fused-ring (bicyclic) bond motifs is 1. The molecule has 0 aliphatic heterocycles. The molecule has 3 heteroatoms. The normalized spacial score (nSPS) is 10.6. The van der Waals surface area contributed by atoms with Crippen LogP contribution in [0.2, 0.25) is 0 Å². The van der Waals surface area contributed by atoms with E-state index in [0.29, 0.717) is 5.75 Å². The quantitative estimate of drug-likeness (QED) is 0.757. The van der Waals surface area contributed by atoms with Crippen molar-refractivity contribution in [2.75, 3.05) is 11.5 Å². The molecule has 1 aromatic carbocycles. The van der Waals surface area contributed by atoms with Gasteiger partial charge in [0.1, 0.15) is 0 Å². The topological polar surface area (TPSA) is 30.0 Å². The number of nitrogens with zero attached hydrogens (tertiary/aromatic N) is 1. The average molecular weight is 231 g/mol. The molecule has 2 aromatic rings. The van der Waals surface area contributed by atoms with Gasteiger partial charge in [0.25, 0.3) is 0 Å². The van der Waals surface area contributed by atoms with Gasteiger partial charge in [0.2, 0.25) is 0 Å². The number of carbonyl (C=O) groups excluding carboxylic acids is 1. The summed E-state index contributed by atoms with van der Waals surface area (Å²) in [6, 6.07) is 9.54. The Morgan fingerprint density at radius 3 is 3.06 bits per heavy atom. The Bertz CT molecular complexity index is 510. The summed E-state index contributed by atoms with van der Waals surface area (Å²) in [5.74, 6) is 1.72. The lowest BCUT2D eigenvalue weighted by atomic mass is 10.1. The van der Waals surface area contributed by atoms with Gasteiger partial charge in [-0.1, -0.05) is 13.0 Å². The summed E-state index contributed by atoms with van der Waals surface area (Å²) in [4.78, 5) is 16.0. The first-order valence-corrected chi connectivity index (χ1v) is 6.42. The van der Waals surface area contributed by atoms with Crippen molar-refractivity contribution in [3.8, 4) is 0 Å². The molecule has 0 atom stereocenters. The van der Waals surface area contributed by atoms with E-state index < -0.39 is 0 Å². The van der Waals surface area contributed by atoms with E-state index in [4.69, 9.17) is 0 Å². The summed E-state index contributed by atoms with van der Waals surface area (Å²) < 4.78 is 0. The number of thioether (sulfide) groups is 1. The number of aromatic nitrogens is 1. The molecule has 1 heterocycles. The second-order valence-electron chi connectivity index (χ2n) is 3.47. The second-order valence-corrected chi connectivity index (χ2v) is 4.75. The monoisotopic (exact) mass is 231 g/mol. The molecule has 0 N–H and O–H groups in total. The van der Waals surface area contributed by atoms with E-state index in [1.54, 1.807) is 18.0 Å². The molecule has 0 radical (unpaired) electrons. The minimum atomic E-state index is 0.192. The van der Waals surface area contributed by atoms with Crippen molar-refractivity contribution < 1.29 is 4.79 Å². The smallest absolute Gasteiger partial charge is 0.172 e. The van der Waals surface area contributed by atoms with Gasteiger partial charge in [-0.2, -0.15) is 11.8 Å². The number of hydrogen-bond acceptors (Lipinski definition) is 3. The first kappa shape index (κ1) is 11.1. The van der Waals surface area contributed by atoms with E-state index in [1.165, 1.54) is 0 Å². The number of ketones is 1. The molecule has 0 saturated carbocycles. The summed E-state index contributed by atoms with van der Waals surface area (Å²) in [6.45, 7) is 2.06. The van der Waals surface area contributed by atoms with Gasteiger partial charge in [0, 0.05) is 17.1 Å². The molecule has 0 spiro atoms. The van der Waals surface area contributed by atoms with Crippen molar-refractivity contribution >= 4 is 28.4 Å². The highest BCUT2D eigenvalue weighted by Gasteiger charge is 2.06. The lowest BCUT2D eigenvalue weighted by Crippen LogP contribution is -2.02. The van der Waals surface area contributed by atoms with E-state index >= 15 is 0 Å². The van der Waals surface area contributed by atoms with Crippen LogP contribution >= 0.6 is 11.8 Å². The first-order chi connectivity index (χ1) is 7.81. The number of rotatable bonds is 4. The fraction of sp³-hybridized carbons (Fsp3) is 0.231. The lowest BCUT2D eigenvalue weighted by Gasteiger charge is -2.01. The molecule has 0 aliphatic rings. The summed E-state index contributed by atoms with van der Waals surface area (Å²) in [7, 11) is 0. The first-order valence-electron chi connectivity index (χ1n) is 5.27. The van der Waals surface area contributed by atoms with Gasteiger partial charge < -0.3 is 0 Å². The van der Waals surface area contributed by atoms with Gasteiger partial charge in [-0.05, 0) is 30.0 Å². The molecule has 0 unspecified atom stereocenters. The molecule has 1 aromatic heterocycles. The van der Waals surface area contributed by atoms with Crippen LogP contribution in [0.1, 0.15) is 17.3 Å². The highest BCUT2D eigenvalue weighted by atomic mass is 32.2. The maximum absolute atomic E-state index is 11.8. The summed E-state index contributed by atoms with van der Waals surface area (Å²) >= 11 is 1.65. The number of Topliss-reactive ketones (excluding diaryl/α,β-unsaturated/α-hetero) is 1.